The molecule has 0 bridgehead atoms. The first-order valence-corrected chi connectivity index (χ1v) is 3.34. The number of aryl methyl sites for hydroxylation is 1. The lowest BCUT2D eigenvalue weighted by molar-refractivity contribution is 0.268. The summed E-state index contributed by atoms with van der Waals surface area (Å²) < 4.78 is 1.78. The second kappa shape index (κ2) is 2.84. The first-order valence-electron chi connectivity index (χ1n) is 3.34. The quantitative estimate of drug-likeness (QED) is 0.650. The zero-order chi connectivity index (χ0) is 7.56. The molecule has 56 valence electrons. The van der Waals surface area contributed by atoms with Crippen molar-refractivity contribution < 1.29 is 5.11 Å². The summed E-state index contributed by atoms with van der Waals surface area (Å²) >= 11 is 0. The van der Waals surface area contributed by atoms with Gasteiger partial charge in [0.15, 0.2) is 0 Å². The Morgan fingerprint density at radius 2 is 2.50 bits per heavy atom. The van der Waals surface area contributed by atoms with E-state index in [4.69, 9.17) is 5.11 Å². The van der Waals surface area contributed by atoms with Crippen LogP contribution < -0.4 is 0 Å². The highest BCUT2D eigenvalue weighted by Gasteiger charge is 2.06. The Kier molecular flexibility index (Phi) is 2.06. The maximum absolute atomic E-state index is 8.79. The number of nitrogens with zero attached hydrogens (tertiary/aromatic N) is 2. The van der Waals surface area contributed by atoms with E-state index in [1.807, 2.05) is 20.0 Å². The Hall–Kier alpha value is -0.830. The van der Waals surface area contributed by atoms with Crippen molar-refractivity contribution in [2.24, 2.45) is 7.05 Å². The molecule has 0 fully saturated rings. The molecule has 1 atom stereocenters. The summed E-state index contributed by atoms with van der Waals surface area (Å²) in [6.07, 6.45) is 1.74. The standard InChI is InChI=1S/C7H12N2O/c1-6(5-10)7-3-4-8-9(7)2/h3-4,6,10H,5H2,1-2H3/t6-/m0/s1. The van der Waals surface area contributed by atoms with Gasteiger partial charge in [-0.15, -0.1) is 0 Å². The van der Waals surface area contributed by atoms with Gasteiger partial charge in [-0.3, -0.25) is 4.68 Å². The van der Waals surface area contributed by atoms with E-state index in [1.165, 1.54) is 0 Å². The van der Waals surface area contributed by atoms with Crippen LogP contribution in [0.3, 0.4) is 0 Å². The molecule has 0 aliphatic rings. The molecule has 0 unspecified atom stereocenters. The van der Waals surface area contributed by atoms with Crippen LogP contribution in [0.2, 0.25) is 0 Å². The van der Waals surface area contributed by atoms with Crippen molar-refractivity contribution in [1.29, 1.82) is 0 Å². The minimum absolute atomic E-state index is 0.180. The van der Waals surface area contributed by atoms with Crippen LogP contribution in [0.25, 0.3) is 0 Å². The molecule has 0 saturated heterocycles. The van der Waals surface area contributed by atoms with Gasteiger partial charge in [-0.25, -0.2) is 0 Å². The van der Waals surface area contributed by atoms with Crippen LogP contribution in [0, 0.1) is 0 Å². The third kappa shape index (κ3) is 1.19. The van der Waals surface area contributed by atoms with Crippen molar-refractivity contribution in [2.75, 3.05) is 6.61 Å². The van der Waals surface area contributed by atoms with Crippen molar-refractivity contribution in [3.63, 3.8) is 0 Å². The lowest BCUT2D eigenvalue weighted by Crippen LogP contribution is -2.05. The fraction of sp³-hybridized carbons (Fsp3) is 0.571. The highest BCUT2D eigenvalue weighted by molar-refractivity contribution is 5.05. The molecule has 0 amide bonds. The lowest BCUT2D eigenvalue weighted by atomic mass is 10.1. The molecule has 0 aliphatic heterocycles. The molecule has 1 rings (SSSR count). The number of aliphatic hydroxyl groups is 1. The Balaban J connectivity index is 2.82. The van der Waals surface area contributed by atoms with Gasteiger partial charge in [0.2, 0.25) is 0 Å². The first-order chi connectivity index (χ1) is 4.75. The molecule has 0 aliphatic carbocycles. The zero-order valence-corrected chi connectivity index (χ0v) is 6.28. The van der Waals surface area contributed by atoms with Crippen LogP contribution >= 0.6 is 0 Å². The summed E-state index contributed by atoms with van der Waals surface area (Å²) in [5.41, 5.74) is 1.07. The Morgan fingerprint density at radius 3 is 2.90 bits per heavy atom. The number of aromatic nitrogens is 2. The normalized spacial score (nSPS) is 13.5. The number of hydrogen-bond acceptors (Lipinski definition) is 2. The molecule has 0 saturated carbocycles. The Bertz CT molecular complexity index is 207. The van der Waals surface area contributed by atoms with Crippen LogP contribution in [0.4, 0.5) is 0 Å². The van der Waals surface area contributed by atoms with Gasteiger partial charge in [-0.1, -0.05) is 6.92 Å². The maximum Gasteiger partial charge on any atom is 0.0512 e. The van der Waals surface area contributed by atoms with E-state index < -0.39 is 0 Å². The molecule has 10 heavy (non-hydrogen) atoms. The van der Waals surface area contributed by atoms with Gasteiger partial charge in [-0.2, -0.15) is 5.10 Å². The fourth-order valence-corrected chi connectivity index (χ4v) is 0.961. The minimum atomic E-state index is 0.180. The number of aliphatic hydroxyl groups excluding tert-OH is 1. The third-order valence-corrected chi connectivity index (χ3v) is 1.64. The number of rotatable bonds is 2. The zero-order valence-electron chi connectivity index (χ0n) is 6.28. The molecule has 1 N–H and O–H groups in total. The van der Waals surface area contributed by atoms with E-state index in [0.717, 1.165) is 5.69 Å². The van der Waals surface area contributed by atoms with Crippen molar-refractivity contribution in [3.05, 3.63) is 18.0 Å². The van der Waals surface area contributed by atoms with Crippen molar-refractivity contribution in [1.82, 2.24) is 9.78 Å². The summed E-state index contributed by atoms with van der Waals surface area (Å²) in [6.45, 7) is 2.15. The molecule has 1 heterocycles. The van der Waals surface area contributed by atoms with Gasteiger partial charge >= 0.3 is 0 Å². The van der Waals surface area contributed by atoms with Gasteiger partial charge in [0, 0.05) is 24.9 Å². The summed E-state index contributed by atoms with van der Waals surface area (Å²) in [6, 6.07) is 1.92. The molecule has 0 spiro atoms. The SMILES string of the molecule is C[C@@H](CO)c1ccnn1C. The predicted molar refractivity (Wildman–Crippen MR) is 38.7 cm³/mol. The van der Waals surface area contributed by atoms with Gasteiger partial charge in [0.1, 0.15) is 0 Å². The summed E-state index contributed by atoms with van der Waals surface area (Å²) in [4.78, 5) is 0. The van der Waals surface area contributed by atoms with Crippen LogP contribution in [-0.4, -0.2) is 21.5 Å². The molecular weight excluding hydrogens is 128 g/mol. The molecule has 1 aromatic rings. The molecule has 0 aromatic carbocycles. The average molecular weight is 140 g/mol. The fourth-order valence-electron chi connectivity index (χ4n) is 0.961. The number of hydrogen-bond donors (Lipinski definition) is 1. The van der Waals surface area contributed by atoms with Crippen molar-refractivity contribution >= 4 is 0 Å². The Labute approximate surface area is 60.3 Å². The molecule has 3 nitrogen and oxygen atoms in total. The van der Waals surface area contributed by atoms with Crippen LogP contribution in [0.15, 0.2) is 12.3 Å². The summed E-state index contributed by atoms with van der Waals surface area (Å²) in [5, 5.41) is 12.8. The molecule has 1 aromatic heterocycles. The smallest absolute Gasteiger partial charge is 0.0512 e. The largest absolute Gasteiger partial charge is 0.396 e. The molecular formula is C7H12N2O. The van der Waals surface area contributed by atoms with Crippen LogP contribution in [0.1, 0.15) is 18.5 Å². The maximum atomic E-state index is 8.79. The monoisotopic (exact) mass is 140 g/mol. The van der Waals surface area contributed by atoms with Gasteiger partial charge in [0.25, 0.3) is 0 Å². The minimum Gasteiger partial charge on any atom is -0.396 e. The van der Waals surface area contributed by atoms with Gasteiger partial charge in [-0.05, 0) is 6.07 Å². The van der Waals surface area contributed by atoms with Crippen molar-refractivity contribution in [3.8, 4) is 0 Å². The highest BCUT2D eigenvalue weighted by atomic mass is 16.3. The third-order valence-electron chi connectivity index (χ3n) is 1.64. The van der Waals surface area contributed by atoms with Crippen LogP contribution in [0.5, 0.6) is 0 Å². The second-order valence-corrected chi connectivity index (χ2v) is 2.46. The molecule has 0 radical (unpaired) electrons. The van der Waals surface area contributed by atoms with Crippen molar-refractivity contribution in [2.45, 2.75) is 12.8 Å². The second-order valence-electron chi connectivity index (χ2n) is 2.46. The topological polar surface area (TPSA) is 38.1 Å². The summed E-state index contributed by atoms with van der Waals surface area (Å²) in [5.74, 6) is 0.187. The van der Waals surface area contributed by atoms with Gasteiger partial charge < -0.3 is 5.11 Å². The van der Waals surface area contributed by atoms with E-state index in [-0.39, 0.29) is 12.5 Å². The molecule has 3 heteroatoms. The van der Waals surface area contributed by atoms with E-state index >= 15 is 0 Å². The van der Waals surface area contributed by atoms with E-state index in [0.29, 0.717) is 0 Å². The lowest BCUT2D eigenvalue weighted by Gasteiger charge is -2.06. The van der Waals surface area contributed by atoms with E-state index in [9.17, 15) is 0 Å². The average Bonchev–Trinajstić information content (AvgIpc) is 2.34. The first kappa shape index (κ1) is 7.28. The Morgan fingerprint density at radius 1 is 1.80 bits per heavy atom. The van der Waals surface area contributed by atoms with E-state index in [2.05, 4.69) is 5.10 Å². The van der Waals surface area contributed by atoms with E-state index in [1.54, 1.807) is 10.9 Å². The predicted octanol–water partition coefficient (Wildman–Crippen LogP) is 0.516. The van der Waals surface area contributed by atoms with Gasteiger partial charge in [0.05, 0.1) is 6.61 Å². The van der Waals surface area contributed by atoms with Crippen LogP contribution in [-0.2, 0) is 7.05 Å². The summed E-state index contributed by atoms with van der Waals surface area (Å²) in [7, 11) is 1.88. The highest BCUT2D eigenvalue weighted by Crippen LogP contribution is 2.11.